The number of tetrazole rings is 1. The SMILES string of the molecule is CC(C)CC(Nc1ncc(C(=O)Nc2nn[nH]n2)cn1)c1ccc(-c2ccc(C(F)(F)F)cc2)cc1. The van der Waals surface area contributed by atoms with E-state index in [1.165, 1.54) is 24.5 Å². The summed E-state index contributed by atoms with van der Waals surface area (Å²) in [6.07, 6.45) is -0.796. The fourth-order valence-corrected chi connectivity index (χ4v) is 3.57. The second-order valence-corrected chi connectivity index (χ2v) is 8.51. The maximum Gasteiger partial charge on any atom is 0.416 e. The van der Waals surface area contributed by atoms with E-state index in [1.54, 1.807) is 0 Å². The minimum absolute atomic E-state index is 0.0407. The molecule has 3 N–H and O–H groups in total. The Morgan fingerprint density at radius 1 is 0.944 bits per heavy atom. The molecule has 0 bridgehead atoms. The van der Waals surface area contributed by atoms with Crippen LogP contribution in [0.3, 0.4) is 0 Å². The highest BCUT2D eigenvalue weighted by atomic mass is 19.4. The van der Waals surface area contributed by atoms with Gasteiger partial charge in [-0.05, 0) is 46.4 Å². The van der Waals surface area contributed by atoms with E-state index in [0.29, 0.717) is 17.4 Å². The van der Waals surface area contributed by atoms with Crippen LogP contribution in [-0.4, -0.2) is 36.5 Å². The van der Waals surface area contributed by atoms with E-state index < -0.39 is 17.6 Å². The highest BCUT2D eigenvalue weighted by Crippen LogP contribution is 2.32. The first-order valence-corrected chi connectivity index (χ1v) is 11.1. The number of hydrogen-bond donors (Lipinski definition) is 3. The molecular formula is C24H23F3N8O. The summed E-state index contributed by atoms with van der Waals surface area (Å²) in [6, 6.07) is 12.6. The monoisotopic (exact) mass is 496 g/mol. The minimum Gasteiger partial charge on any atom is -0.347 e. The lowest BCUT2D eigenvalue weighted by Gasteiger charge is -2.21. The Hall–Kier alpha value is -4.35. The second kappa shape index (κ2) is 10.5. The predicted octanol–water partition coefficient (Wildman–Crippen LogP) is 5.13. The molecule has 2 heterocycles. The van der Waals surface area contributed by atoms with Crippen molar-refractivity contribution < 1.29 is 18.0 Å². The molecule has 1 amide bonds. The third-order valence-corrected chi connectivity index (χ3v) is 5.35. The van der Waals surface area contributed by atoms with Crippen LogP contribution in [0.25, 0.3) is 11.1 Å². The third kappa shape index (κ3) is 6.20. The van der Waals surface area contributed by atoms with E-state index >= 15 is 0 Å². The summed E-state index contributed by atoms with van der Waals surface area (Å²) in [6.45, 7) is 4.19. The van der Waals surface area contributed by atoms with Crippen molar-refractivity contribution in [3.05, 3.63) is 77.6 Å². The molecule has 0 aliphatic heterocycles. The molecule has 1 atom stereocenters. The van der Waals surface area contributed by atoms with E-state index in [1.807, 2.05) is 24.3 Å². The lowest BCUT2D eigenvalue weighted by molar-refractivity contribution is -0.137. The number of hydrogen-bond acceptors (Lipinski definition) is 7. The molecule has 4 rings (SSSR count). The summed E-state index contributed by atoms with van der Waals surface area (Å²) in [5.74, 6) is 0.278. The standard InChI is InChI=1S/C24H23F3N8O/c1-14(2)11-20(30-22-28-12-18(13-29-22)21(36)31-23-32-34-35-33-23)17-5-3-15(4-6-17)16-7-9-19(10-8-16)24(25,26)27/h3-10,12-14,20H,11H2,1-2H3,(H,28,29,30)(H2,31,32,33,34,35,36). The van der Waals surface area contributed by atoms with Crippen LogP contribution in [-0.2, 0) is 6.18 Å². The summed E-state index contributed by atoms with van der Waals surface area (Å²) in [5, 5.41) is 18.7. The number of H-pyrrole nitrogens is 1. The number of alkyl halides is 3. The number of carbonyl (C=O) groups excluding carboxylic acids is 1. The lowest BCUT2D eigenvalue weighted by Crippen LogP contribution is -2.17. The van der Waals surface area contributed by atoms with Crippen molar-refractivity contribution in [3.8, 4) is 11.1 Å². The molecule has 4 aromatic rings. The van der Waals surface area contributed by atoms with Crippen molar-refractivity contribution in [1.29, 1.82) is 0 Å². The summed E-state index contributed by atoms with van der Waals surface area (Å²) < 4.78 is 38.5. The molecule has 0 aliphatic rings. The van der Waals surface area contributed by atoms with Gasteiger partial charge in [-0.2, -0.15) is 18.4 Å². The van der Waals surface area contributed by atoms with Crippen molar-refractivity contribution >= 4 is 17.8 Å². The number of amides is 1. The van der Waals surface area contributed by atoms with Crippen molar-refractivity contribution in [2.75, 3.05) is 10.6 Å². The molecule has 1 unspecified atom stereocenters. The zero-order chi connectivity index (χ0) is 25.7. The van der Waals surface area contributed by atoms with Gasteiger partial charge in [0.1, 0.15) is 0 Å². The van der Waals surface area contributed by atoms with Crippen LogP contribution in [0.2, 0.25) is 0 Å². The van der Waals surface area contributed by atoms with Gasteiger partial charge < -0.3 is 5.32 Å². The van der Waals surface area contributed by atoms with Crippen LogP contribution in [0, 0.1) is 5.92 Å². The Bertz CT molecular complexity index is 1270. The fraction of sp³-hybridized carbons (Fsp3) is 0.250. The first-order chi connectivity index (χ1) is 17.2. The number of aromatic nitrogens is 6. The first kappa shape index (κ1) is 24.8. The highest BCUT2D eigenvalue weighted by Gasteiger charge is 2.30. The normalized spacial score (nSPS) is 12.4. The molecule has 0 spiro atoms. The highest BCUT2D eigenvalue weighted by molar-refractivity contribution is 6.02. The van der Waals surface area contributed by atoms with Gasteiger partial charge in [0.25, 0.3) is 11.9 Å². The van der Waals surface area contributed by atoms with Gasteiger partial charge in [-0.15, -0.1) is 5.10 Å². The Kier molecular flexibility index (Phi) is 7.23. The molecule has 2 aromatic carbocycles. The molecule has 36 heavy (non-hydrogen) atoms. The maximum absolute atomic E-state index is 12.8. The molecule has 0 aliphatic carbocycles. The molecule has 0 saturated carbocycles. The van der Waals surface area contributed by atoms with Crippen LogP contribution in [0.5, 0.6) is 0 Å². The number of halogens is 3. The van der Waals surface area contributed by atoms with Gasteiger partial charge in [0.2, 0.25) is 5.95 Å². The Morgan fingerprint density at radius 2 is 1.56 bits per heavy atom. The van der Waals surface area contributed by atoms with Gasteiger partial charge in [0, 0.05) is 12.4 Å². The number of nitrogens with zero attached hydrogens (tertiary/aromatic N) is 5. The molecule has 186 valence electrons. The Labute approximate surface area is 204 Å². The zero-order valence-electron chi connectivity index (χ0n) is 19.4. The summed E-state index contributed by atoms with van der Waals surface area (Å²) in [7, 11) is 0. The smallest absolute Gasteiger partial charge is 0.347 e. The molecule has 0 radical (unpaired) electrons. The number of benzene rings is 2. The van der Waals surface area contributed by atoms with Crippen LogP contribution >= 0.6 is 0 Å². The largest absolute Gasteiger partial charge is 0.416 e. The van der Waals surface area contributed by atoms with Crippen LogP contribution < -0.4 is 10.6 Å². The van der Waals surface area contributed by atoms with Crippen molar-refractivity contribution in [2.24, 2.45) is 5.92 Å². The Morgan fingerprint density at radius 3 is 2.08 bits per heavy atom. The van der Waals surface area contributed by atoms with E-state index in [4.69, 9.17) is 0 Å². The predicted molar refractivity (Wildman–Crippen MR) is 127 cm³/mol. The van der Waals surface area contributed by atoms with E-state index in [2.05, 4.69) is 55.1 Å². The van der Waals surface area contributed by atoms with E-state index in [-0.39, 0.29) is 17.6 Å². The summed E-state index contributed by atoms with van der Waals surface area (Å²) >= 11 is 0. The maximum atomic E-state index is 12.8. The number of rotatable bonds is 8. The summed E-state index contributed by atoms with van der Waals surface area (Å²) in [4.78, 5) is 20.8. The summed E-state index contributed by atoms with van der Waals surface area (Å²) in [5.41, 5.74) is 2.03. The molecular weight excluding hydrogens is 473 g/mol. The number of aromatic amines is 1. The van der Waals surface area contributed by atoms with Gasteiger partial charge in [-0.25, -0.2) is 9.97 Å². The van der Waals surface area contributed by atoms with Crippen molar-refractivity contribution in [2.45, 2.75) is 32.5 Å². The van der Waals surface area contributed by atoms with Crippen molar-refractivity contribution in [3.63, 3.8) is 0 Å². The van der Waals surface area contributed by atoms with Gasteiger partial charge in [0.05, 0.1) is 17.2 Å². The number of carbonyl (C=O) groups is 1. The van der Waals surface area contributed by atoms with Crippen molar-refractivity contribution in [1.82, 2.24) is 30.6 Å². The molecule has 9 nitrogen and oxygen atoms in total. The lowest BCUT2D eigenvalue weighted by atomic mass is 9.95. The fourth-order valence-electron chi connectivity index (χ4n) is 3.57. The van der Waals surface area contributed by atoms with Crippen LogP contribution in [0.1, 0.15) is 47.8 Å². The average molecular weight is 496 g/mol. The average Bonchev–Trinajstić information content (AvgIpc) is 3.36. The van der Waals surface area contributed by atoms with E-state index in [0.717, 1.165) is 29.7 Å². The number of anilines is 2. The van der Waals surface area contributed by atoms with Crippen LogP contribution in [0.4, 0.5) is 25.1 Å². The first-order valence-electron chi connectivity index (χ1n) is 11.1. The van der Waals surface area contributed by atoms with Gasteiger partial charge in [-0.3, -0.25) is 10.1 Å². The molecule has 2 aromatic heterocycles. The second-order valence-electron chi connectivity index (χ2n) is 8.51. The van der Waals surface area contributed by atoms with E-state index in [9.17, 15) is 18.0 Å². The molecule has 0 saturated heterocycles. The third-order valence-electron chi connectivity index (χ3n) is 5.35. The van der Waals surface area contributed by atoms with Crippen LogP contribution in [0.15, 0.2) is 60.9 Å². The molecule has 0 fully saturated rings. The molecule has 12 heteroatoms. The van der Waals surface area contributed by atoms with Gasteiger partial charge >= 0.3 is 6.18 Å². The Balaban J connectivity index is 1.47. The topological polar surface area (TPSA) is 121 Å². The zero-order valence-corrected chi connectivity index (χ0v) is 19.4. The number of nitrogens with one attached hydrogen (secondary N) is 3. The quantitative estimate of drug-likeness (QED) is 0.309. The van der Waals surface area contributed by atoms with Gasteiger partial charge in [-0.1, -0.05) is 55.3 Å². The van der Waals surface area contributed by atoms with Gasteiger partial charge in [0.15, 0.2) is 0 Å². The minimum atomic E-state index is -4.36.